The molecule has 29 heteroatoms. The summed E-state index contributed by atoms with van der Waals surface area (Å²) in [4.78, 5) is 66.5. The number of methoxy groups -OCH3 is 2. The maximum absolute atomic E-state index is 16.0. The van der Waals surface area contributed by atoms with Crippen LogP contribution in [0.4, 0.5) is 59.4 Å². The summed E-state index contributed by atoms with van der Waals surface area (Å²) in [7, 11) is 1.60. The normalized spacial score (nSPS) is 18.0. The SMILES string of the molecule is COC(=O)N[C@H](C(=O)N[C@@H](Cc1ccc(C#Cc2cnc(N3C[C@@H](C)N(C4COC4)C[C@H]3C)nc2)cc1)[C@@H](O)CN(Cc1c(F)cc(-c2ccn(C(F)F)n2)cc1F)NC(=O)[C@@H](NC(=O)OC)C(C)(C)C(F)(F)F)C(C)(C)C(F)(F)F. The quantitative estimate of drug-likeness (QED) is 0.0398. The first kappa shape index (κ1) is 62.9. The van der Waals surface area contributed by atoms with E-state index in [4.69, 9.17) is 4.74 Å². The van der Waals surface area contributed by atoms with Gasteiger partial charge in [0.15, 0.2) is 0 Å². The van der Waals surface area contributed by atoms with E-state index >= 15 is 8.78 Å². The van der Waals surface area contributed by atoms with Crippen LogP contribution >= 0.6 is 0 Å². The summed E-state index contributed by atoms with van der Waals surface area (Å²) in [6, 6.07) is 2.21. The van der Waals surface area contributed by atoms with Gasteiger partial charge >= 0.3 is 31.1 Å². The van der Waals surface area contributed by atoms with Crippen LogP contribution < -0.4 is 26.3 Å². The van der Waals surface area contributed by atoms with Gasteiger partial charge in [-0.05, 0) is 83.9 Å². The van der Waals surface area contributed by atoms with Crippen LogP contribution in [-0.2, 0) is 36.8 Å². The third-order valence-corrected chi connectivity index (χ3v) is 14.2. The van der Waals surface area contributed by atoms with Gasteiger partial charge < -0.3 is 40.2 Å². The standard InChI is InChI=1S/C52H61F10N11O8/c1-28-23-72(29(2)22-71(28)34-26-81-27-34)46-63-20-32(21-64-46)14-11-30-9-12-31(13-10-30)17-39(65-43(75)41(66-47(77)79-7)49(3,4)51(57,58)59)40(74)25-70(69-44(76)42(67-48(78)80-8)50(5,6)52(60,61)62)24-35-36(53)18-33(19-37(35)54)38-15-16-73(68-38)45(55)56/h9-10,12-13,15-16,18-21,28-29,34,39-42,45,74H,17,22-27H2,1-8H3,(H,65,75)(H,66,77)(H,67,78)(H,69,76)/t28-,29-,39+,40+,41-,42-/m1/s1. The number of rotatable bonds is 19. The van der Waals surface area contributed by atoms with Gasteiger partial charge in [-0.25, -0.2) is 38.0 Å². The van der Waals surface area contributed by atoms with Crippen LogP contribution in [0.3, 0.4) is 0 Å². The lowest BCUT2D eigenvalue weighted by Gasteiger charge is -2.49. The molecule has 0 radical (unpaired) electrons. The van der Waals surface area contributed by atoms with E-state index in [-0.39, 0.29) is 33.6 Å². The van der Waals surface area contributed by atoms with Crippen molar-refractivity contribution < 1.29 is 82.4 Å². The molecule has 0 bridgehead atoms. The molecule has 0 spiro atoms. The summed E-state index contributed by atoms with van der Waals surface area (Å²) < 4.78 is 160. The molecule has 5 N–H and O–H groups in total. The Balaban J connectivity index is 1.33. The Morgan fingerprint density at radius 3 is 1.83 bits per heavy atom. The number of hydrogen-bond acceptors (Lipinski definition) is 14. The maximum Gasteiger partial charge on any atom is 0.407 e. The molecule has 2 aliphatic rings. The number of anilines is 1. The molecule has 4 heterocycles. The highest BCUT2D eigenvalue weighted by molar-refractivity contribution is 5.87. The number of alkyl halides is 8. The van der Waals surface area contributed by atoms with Gasteiger partial charge in [0.25, 0.3) is 5.91 Å². The molecule has 0 aliphatic carbocycles. The molecule has 2 fully saturated rings. The molecule has 4 amide bonds. The zero-order chi connectivity index (χ0) is 59.9. The minimum absolute atomic E-state index is 0.117. The van der Waals surface area contributed by atoms with Gasteiger partial charge in [0.05, 0.1) is 67.7 Å². The maximum atomic E-state index is 16.0. The van der Waals surface area contributed by atoms with Gasteiger partial charge in [0.1, 0.15) is 23.7 Å². The first-order valence-corrected chi connectivity index (χ1v) is 25.1. The van der Waals surface area contributed by atoms with Crippen molar-refractivity contribution in [1.29, 1.82) is 0 Å². The highest BCUT2D eigenvalue weighted by atomic mass is 19.4. The van der Waals surface area contributed by atoms with Crippen molar-refractivity contribution in [3.63, 3.8) is 0 Å². The predicted molar refractivity (Wildman–Crippen MR) is 269 cm³/mol. The second kappa shape index (κ2) is 25.7. The van der Waals surface area contributed by atoms with Crippen LogP contribution in [-0.4, -0.2) is 161 Å². The Labute approximate surface area is 459 Å². The van der Waals surface area contributed by atoms with Crippen LogP contribution in [0.25, 0.3) is 11.3 Å². The molecule has 2 aliphatic heterocycles. The van der Waals surface area contributed by atoms with E-state index in [0.717, 1.165) is 33.0 Å². The molecular weight excluding hydrogens is 1100 g/mol. The zero-order valence-corrected chi connectivity index (χ0v) is 45.1. The summed E-state index contributed by atoms with van der Waals surface area (Å²) in [5.41, 5.74) is -4.63. The third-order valence-electron chi connectivity index (χ3n) is 14.2. The predicted octanol–water partition coefficient (Wildman–Crippen LogP) is 6.26. The number of benzene rings is 2. The Hall–Kier alpha value is -7.29. The number of halogens is 10. The number of aliphatic hydroxyl groups excluding tert-OH is 1. The highest BCUT2D eigenvalue weighted by Gasteiger charge is 2.57. The monoisotopic (exact) mass is 1160 g/mol. The van der Waals surface area contributed by atoms with E-state index in [2.05, 4.69) is 65.3 Å². The molecule has 81 heavy (non-hydrogen) atoms. The van der Waals surface area contributed by atoms with Crippen molar-refractivity contribution in [3.05, 3.63) is 94.9 Å². The molecule has 4 aromatic rings. The van der Waals surface area contributed by atoms with Crippen molar-refractivity contribution in [2.45, 2.75) is 116 Å². The average Bonchev–Trinajstić information content (AvgIpc) is 3.99. The fraction of sp³-hybridized carbons (Fsp3) is 0.519. The number of piperazine rings is 1. The average molecular weight is 1160 g/mol. The van der Waals surface area contributed by atoms with Crippen molar-refractivity contribution in [3.8, 4) is 23.1 Å². The summed E-state index contributed by atoms with van der Waals surface area (Å²) in [6.45, 7) is 3.94. The Morgan fingerprint density at radius 1 is 0.790 bits per heavy atom. The van der Waals surface area contributed by atoms with E-state index in [1.165, 1.54) is 24.3 Å². The molecule has 2 aromatic heterocycles. The van der Waals surface area contributed by atoms with Gasteiger partial charge in [-0.3, -0.25) is 19.9 Å². The Kier molecular flexibility index (Phi) is 19.9. The van der Waals surface area contributed by atoms with E-state index in [1.54, 1.807) is 17.7 Å². The highest BCUT2D eigenvalue weighted by Crippen LogP contribution is 2.42. The number of nitrogens with one attached hydrogen (secondary N) is 4. The van der Waals surface area contributed by atoms with Crippen LogP contribution in [0.2, 0.25) is 0 Å². The smallest absolute Gasteiger partial charge is 0.407 e. The second-order valence-electron chi connectivity index (χ2n) is 20.7. The van der Waals surface area contributed by atoms with E-state index in [0.29, 0.717) is 87.7 Å². The van der Waals surface area contributed by atoms with Gasteiger partial charge in [0.2, 0.25) is 11.9 Å². The molecule has 2 saturated heterocycles. The van der Waals surface area contributed by atoms with E-state index in [1.807, 2.05) is 10.7 Å². The van der Waals surface area contributed by atoms with Crippen molar-refractivity contribution in [2.24, 2.45) is 10.8 Å². The van der Waals surface area contributed by atoms with Crippen LogP contribution in [0, 0.1) is 34.3 Å². The summed E-state index contributed by atoms with van der Waals surface area (Å²) >= 11 is 0. The number of nitrogens with zero attached hydrogens (tertiary/aromatic N) is 7. The number of amides is 4. The van der Waals surface area contributed by atoms with E-state index < -0.39 is 115 Å². The zero-order valence-electron chi connectivity index (χ0n) is 45.1. The number of aromatic nitrogens is 4. The minimum Gasteiger partial charge on any atom is -0.453 e. The molecule has 6 rings (SSSR count). The summed E-state index contributed by atoms with van der Waals surface area (Å²) in [5, 5.41) is 22.0. The first-order chi connectivity index (χ1) is 37.8. The number of aliphatic hydroxyl groups is 1. The molecule has 0 unspecified atom stereocenters. The number of carbonyl (C=O) groups excluding carboxylic acids is 4. The van der Waals surface area contributed by atoms with Crippen LogP contribution in [0.15, 0.2) is 61.1 Å². The number of carbonyl (C=O) groups is 4. The molecular formula is C52H61F10N11O8. The van der Waals surface area contributed by atoms with Crippen molar-refractivity contribution in [1.82, 2.24) is 51.0 Å². The molecule has 6 atom stereocenters. The summed E-state index contributed by atoms with van der Waals surface area (Å²) in [6.07, 6.45) is -12.1. The lowest BCUT2D eigenvalue weighted by molar-refractivity contribution is -0.221. The minimum atomic E-state index is -5.24. The third kappa shape index (κ3) is 15.2. The van der Waals surface area contributed by atoms with Gasteiger partial charge in [-0.1, -0.05) is 24.0 Å². The van der Waals surface area contributed by atoms with Gasteiger partial charge in [-0.2, -0.15) is 40.2 Å². The Morgan fingerprint density at radius 2 is 1.33 bits per heavy atom. The second-order valence-corrected chi connectivity index (χ2v) is 20.7. The lowest BCUT2D eigenvalue weighted by Crippen LogP contribution is -2.63. The van der Waals surface area contributed by atoms with Gasteiger partial charge in [0, 0.05) is 73.5 Å². The van der Waals surface area contributed by atoms with Crippen LogP contribution in [0.5, 0.6) is 0 Å². The fourth-order valence-corrected chi connectivity index (χ4v) is 8.81. The lowest BCUT2D eigenvalue weighted by atomic mass is 9.82. The number of alkyl carbamates (subject to hydrolysis) is 2. The number of ether oxygens (including phenoxy) is 3. The summed E-state index contributed by atoms with van der Waals surface area (Å²) in [5.74, 6) is 0.349. The molecule has 0 saturated carbocycles. The first-order valence-electron chi connectivity index (χ1n) is 25.1. The molecule has 19 nitrogen and oxygen atoms in total. The van der Waals surface area contributed by atoms with Crippen molar-refractivity contribution in [2.75, 3.05) is 52.0 Å². The number of hydrazine groups is 1. The van der Waals surface area contributed by atoms with Crippen LogP contribution in [0.1, 0.15) is 70.3 Å². The van der Waals surface area contributed by atoms with E-state index in [9.17, 15) is 59.4 Å². The molecule has 2 aromatic carbocycles. The fourth-order valence-electron chi connectivity index (χ4n) is 8.81. The number of hydrogen-bond donors (Lipinski definition) is 5. The topological polar surface area (TPSA) is 218 Å². The largest absolute Gasteiger partial charge is 0.453 e. The molecule has 442 valence electrons. The van der Waals surface area contributed by atoms with Crippen molar-refractivity contribution >= 4 is 29.9 Å². The van der Waals surface area contributed by atoms with Gasteiger partial charge in [-0.15, -0.1) is 0 Å². The Bertz CT molecular complexity index is 2890.